The van der Waals surface area contributed by atoms with Crippen molar-refractivity contribution in [3.05, 3.63) is 28.8 Å². The second-order valence-corrected chi connectivity index (χ2v) is 5.12. The number of anilines is 1. The van der Waals surface area contributed by atoms with Crippen LogP contribution >= 0.6 is 11.6 Å². The normalized spacial score (nSPS) is 18.7. The van der Waals surface area contributed by atoms with E-state index in [0.717, 1.165) is 5.02 Å². The molecule has 1 aromatic carbocycles. The molecule has 0 bridgehead atoms. The Morgan fingerprint density at radius 2 is 2.00 bits per heavy atom. The standard InChI is InChI=1S/C13H19ClN2/c1-10-3-4-11(14)9-13(10)15-12-5-7-16(2)8-6-12/h3-4,9,12,15H,5-8H2,1-2H3. The Hall–Kier alpha value is -0.730. The van der Waals surface area contributed by atoms with Crippen LogP contribution in [0.25, 0.3) is 0 Å². The van der Waals surface area contributed by atoms with Gasteiger partial charge >= 0.3 is 0 Å². The largest absolute Gasteiger partial charge is 0.382 e. The first-order valence-corrected chi connectivity index (χ1v) is 6.24. The summed E-state index contributed by atoms with van der Waals surface area (Å²) in [6.45, 7) is 4.47. The predicted octanol–water partition coefficient (Wildman–Crippen LogP) is 3.15. The van der Waals surface area contributed by atoms with Gasteiger partial charge in [-0.3, -0.25) is 0 Å². The van der Waals surface area contributed by atoms with Crippen LogP contribution in [-0.4, -0.2) is 31.1 Å². The van der Waals surface area contributed by atoms with Crippen LogP contribution in [-0.2, 0) is 0 Å². The topological polar surface area (TPSA) is 15.3 Å². The fraction of sp³-hybridized carbons (Fsp3) is 0.538. The first-order chi connectivity index (χ1) is 7.65. The fourth-order valence-electron chi connectivity index (χ4n) is 2.12. The minimum Gasteiger partial charge on any atom is -0.382 e. The van der Waals surface area contributed by atoms with Crippen LogP contribution in [0, 0.1) is 6.92 Å². The average molecular weight is 239 g/mol. The number of piperidine rings is 1. The molecule has 1 N–H and O–H groups in total. The van der Waals surface area contributed by atoms with Crippen molar-refractivity contribution in [2.45, 2.75) is 25.8 Å². The summed E-state index contributed by atoms with van der Waals surface area (Å²) >= 11 is 6.01. The zero-order chi connectivity index (χ0) is 11.5. The van der Waals surface area contributed by atoms with E-state index < -0.39 is 0 Å². The molecule has 1 aliphatic heterocycles. The van der Waals surface area contributed by atoms with Gasteiger partial charge < -0.3 is 10.2 Å². The molecule has 0 aliphatic carbocycles. The van der Waals surface area contributed by atoms with Crippen molar-refractivity contribution in [1.82, 2.24) is 4.90 Å². The van der Waals surface area contributed by atoms with Gasteiger partial charge in [-0.2, -0.15) is 0 Å². The Morgan fingerprint density at radius 3 is 2.69 bits per heavy atom. The van der Waals surface area contributed by atoms with Crippen LogP contribution in [0.4, 0.5) is 5.69 Å². The van der Waals surface area contributed by atoms with Crippen LogP contribution in [0.3, 0.4) is 0 Å². The molecular weight excluding hydrogens is 220 g/mol. The summed E-state index contributed by atoms with van der Waals surface area (Å²) < 4.78 is 0. The number of likely N-dealkylation sites (tertiary alicyclic amines) is 1. The van der Waals surface area contributed by atoms with E-state index >= 15 is 0 Å². The van der Waals surface area contributed by atoms with E-state index in [1.807, 2.05) is 12.1 Å². The molecule has 1 aromatic rings. The van der Waals surface area contributed by atoms with Crippen molar-refractivity contribution in [3.63, 3.8) is 0 Å². The maximum Gasteiger partial charge on any atom is 0.0426 e. The van der Waals surface area contributed by atoms with Gasteiger partial charge in [-0.05, 0) is 57.6 Å². The molecule has 0 spiro atoms. The molecule has 0 unspecified atom stereocenters. The summed E-state index contributed by atoms with van der Waals surface area (Å²) in [5.41, 5.74) is 2.45. The van der Waals surface area contributed by atoms with Gasteiger partial charge in [0.25, 0.3) is 0 Å². The molecule has 1 fully saturated rings. The van der Waals surface area contributed by atoms with Gasteiger partial charge in [0.15, 0.2) is 0 Å². The van der Waals surface area contributed by atoms with E-state index in [1.54, 1.807) is 0 Å². The van der Waals surface area contributed by atoms with Gasteiger partial charge in [-0.1, -0.05) is 17.7 Å². The summed E-state index contributed by atoms with van der Waals surface area (Å²) in [7, 11) is 2.18. The summed E-state index contributed by atoms with van der Waals surface area (Å²) in [5, 5.41) is 4.41. The predicted molar refractivity (Wildman–Crippen MR) is 70.3 cm³/mol. The SMILES string of the molecule is Cc1ccc(Cl)cc1NC1CCN(C)CC1. The third kappa shape index (κ3) is 2.89. The van der Waals surface area contributed by atoms with Gasteiger partial charge in [0, 0.05) is 16.8 Å². The maximum absolute atomic E-state index is 6.01. The molecule has 0 atom stereocenters. The van der Waals surface area contributed by atoms with Gasteiger partial charge in [-0.15, -0.1) is 0 Å². The number of hydrogen-bond donors (Lipinski definition) is 1. The Morgan fingerprint density at radius 1 is 1.31 bits per heavy atom. The maximum atomic E-state index is 6.01. The molecule has 88 valence electrons. The minimum absolute atomic E-state index is 0.591. The number of nitrogens with one attached hydrogen (secondary N) is 1. The smallest absolute Gasteiger partial charge is 0.0426 e. The van der Waals surface area contributed by atoms with E-state index in [2.05, 4.69) is 30.3 Å². The van der Waals surface area contributed by atoms with E-state index in [-0.39, 0.29) is 0 Å². The van der Waals surface area contributed by atoms with Crippen LogP contribution < -0.4 is 5.32 Å². The molecule has 2 nitrogen and oxygen atoms in total. The monoisotopic (exact) mass is 238 g/mol. The third-order valence-electron chi connectivity index (χ3n) is 3.28. The highest BCUT2D eigenvalue weighted by Crippen LogP contribution is 2.23. The number of halogens is 1. The number of aryl methyl sites for hydroxylation is 1. The quantitative estimate of drug-likeness (QED) is 0.852. The van der Waals surface area contributed by atoms with Crippen LogP contribution in [0.2, 0.25) is 5.02 Å². The number of rotatable bonds is 2. The van der Waals surface area contributed by atoms with Gasteiger partial charge in [0.2, 0.25) is 0 Å². The van der Waals surface area contributed by atoms with E-state index in [1.165, 1.54) is 37.2 Å². The summed E-state index contributed by atoms with van der Waals surface area (Å²) in [5.74, 6) is 0. The van der Waals surface area contributed by atoms with Crippen molar-refractivity contribution in [1.29, 1.82) is 0 Å². The highest BCUT2D eigenvalue weighted by molar-refractivity contribution is 6.30. The first-order valence-electron chi connectivity index (χ1n) is 5.86. The van der Waals surface area contributed by atoms with Crippen molar-refractivity contribution >= 4 is 17.3 Å². The Balaban J connectivity index is 2.00. The number of benzene rings is 1. The minimum atomic E-state index is 0.591. The molecule has 2 rings (SSSR count). The zero-order valence-corrected chi connectivity index (χ0v) is 10.7. The fourth-order valence-corrected chi connectivity index (χ4v) is 2.29. The van der Waals surface area contributed by atoms with Crippen LogP contribution in [0.1, 0.15) is 18.4 Å². The second kappa shape index (κ2) is 5.07. The zero-order valence-electron chi connectivity index (χ0n) is 9.96. The van der Waals surface area contributed by atoms with Crippen molar-refractivity contribution < 1.29 is 0 Å². The lowest BCUT2D eigenvalue weighted by Gasteiger charge is -2.30. The number of hydrogen-bond acceptors (Lipinski definition) is 2. The lowest BCUT2D eigenvalue weighted by Crippen LogP contribution is -2.36. The third-order valence-corrected chi connectivity index (χ3v) is 3.51. The average Bonchev–Trinajstić information content (AvgIpc) is 2.27. The lowest BCUT2D eigenvalue weighted by molar-refractivity contribution is 0.264. The van der Waals surface area contributed by atoms with E-state index in [0.29, 0.717) is 6.04 Å². The summed E-state index contributed by atoms with van der Waals surface area (Å²) in [6.07, 6.45) is 2.42. The lowest BCUT2D eigenvalue weighted by atomic mass is 10.0. The van der Waals surface area contributed by atoms with Gasteiger partial charge in [0.1, 0.15) is 0 Å². The van der Waals surface area contributed by atoms with Gasteiger partial charge in [0.05, 0.1) is 0 Å². The van der Waals surface area contributed by atoms with Crippen molar-refractivity contribution in [2.24, 2.45) is 0 Å². The number of nitrogens with zero attached hydrogens (tertiary/aromatic N) is 1. The highest BCUT2D eigenvalue weighted by atomic mass is 35.5. The first kappa shape index (κ1) is 11.7. The van der Waals surface area contributed by atoms with Gasteiger partial charge in [-0.25, -0.2) is 0 Å². The highest BCUT2D eigenvalue weighted by Gasteiger charge is 2.16. The second-order valence-electron chi connectivity index (χ2n) is 4.68. The molecular formula is C13H19ClN2. The van der Waals surface area contributed by atoms with Crippen LogP contribution in [0.5, 0.6) is 0 Å². The Bertz CT molecular complexity index is 357. The molecule has 1 heterocycles. The Kier molecular flexibility index (Phi) is 3.72. The molecule has 16 heavy (non-hydrogen) atoms. The summed E-state index contributed by atoms with van der Waals surface area (Å²) in [6, 6.07) is 6.62. The molecule has 1 saturated heterocycles. The summed E-state index contributed by atoms with van der Waals surface area (Å²) in [4.78, 5) is 2.38. The molecule has 0 amide bonds. The molecule has 0 saturated carbocycles. The van der Waals surface area contributed by atoms with Crippen molar-refractivity contribution in [2.75, 3.05) is 25.5 Å². The molecule has 3 heteroatoms. The molecule has 1 aliphatic rings. The Labute approximate surface area is 103 Å². The van der Waals surface area contributed by atoms with E-state index in [4.69, 9.17) is 11.6 Å². The van der Waals surface area contributed by atoms with Crippen LogP contribution in [0.15, 0.2) is 18.2 Å². The van der Waals surface area contributed by atoms with Crippen molar-refractivity contribution in [3.8, 4) is 0 Å². The van der Waals surface area contributed by atoms with E-state index in [9.17, 15) is 0 Å². The molecule has 0 aromatic heterocycles. The molecule has 0 radical (unpaired) electrons.